The first kappa shape index (κ1) is 16.9. The fraction of sp³-hybridized carbons (Fsp3) is 0.235. The molecule has 0 aliphatic rings. The van der Waals surface area contributed by atoms with Crippen LogP contribution in [0.25, 0.3) is 0 Å². The number of hydrogen-bond donors (Lipinski definition) is 2. The topological polar surface area (TPSA) is 41.1 Å². The third-order valence-electron chi connectivity index (χ3n) is 3.22. The van der Waals surface area contributed by atoms with Gasteiger partial charge in [0.05, 0.1) is 5.56 Å². The molecule has 6 heteroatoms. The smallest absolute Gasteiger partial charge is 0.338 e. The maximum atomic E-state index is 12.6. The Morgan fingerprint density at radius 2 is 1.74 bits per heavy atom. The number of carbonyl (C=O) groups is 1. The SMILES string of the molecule is O=C(NCCCc1ccccc1)Nc1cccc(C(F)(F)F)c1. The van der Waals surface area contributed by atoms with Gasteiger partial charge in [0.15, 0.2) is 0 Å². The van der Waals surface area contributed by atoms with E-state index in [0.29, 0.717) is 6.54 Å². The Morgan fingerprint density at radius 1 is 1.00 bits per heavy atom. The zero-order valence-corrected chi connectivity index (χ0v) is 12.4. The number of anilines is 1. The second kappa shape index (κ2) is 7.67. The lowest BCUT2D eigenvalue weighted by Crippen LogP contribution is -2.29. The summed E-state index contributed by atoms with van der Waals surface area (Å²) in [6.07, 6.45) is -2.85. The van der Waals surface area contributed by atoms with Crippen LogP contribution in [0.2, 0.25) is 0 Å². The van der Waals surface area contributed by atoms with Crippen LogP contribution in [0, 0.1) is 0 Å². The second-order valence-electron chi connectivity index (χ2n) is 5.05. The molecule has 2 rings (SSSR count). The summed E-state index contributed by atoms with van der Waals surface area (Å²) < 4.78 is 37.8. The van der Waals surface area contributed by atoms with E-state index < -0.39 is 17.8 Å². The first-order valence-corrected chi connectivity index (χ1v) is 7.21. The fourth-order valence-corrected chi connectivity index (χ4v) is 2.09. The molecule has 0 aliphatic carbocycles. The molecule has 122 valence electrons. The molecule has 0 saturated carbocycles. The zero-order chi connectivity index (χ0) is 16.7. The van der Waals surface area contributed by atoms with E-state index in [1.807, 2.05) is 30.3 Å². The third kappa shape index (κ3) is 5.65. The number of amides is 2. The molecule has 23 heavy (non-hydrogen) atoms. The number of nitrogens with one attached hydrogen (secondary N) is 2. The van der Waals surface area contributed by atoms with Gasteiger partial charge in [-0.15, -0.1) is 0 Å². The van der Waals surface area contributed by atoms with Crippen molar-refractivity contribution in [3.05, 3.63) is 65.7 Å². The molecule has 2 aromatic carbocycles. The van der Waals surface area contributed by atoms with Crippen LogP contribution < -0.4 is 10.6 Å². The Labute approximate surface area is 132 Å². The summed E-state index contributed by atoms with van der Waals surface area (Å²) in [5.41, 5.74) is 0.493. The largest absolute Gasteiger partial charge is 0.416 e. The molecule has 0 atom stereocenters. The van der Waals surface area contributed by atoms with E-state index in [1.54, 1.807) is 0 Å². The number of urea groups is 1. The van der Waals surface area contributed by atoms with Crippen molar-refractivity contribution in [2.24, 2.45) is 0 Å². The van der Waals surface area contributed by atoms with Gasteiger partial charge < -0.3 is 10.6 Å². The highest BCUT2D eigenvalue weighted by Gasteiger charge is 2.30. The van der Waals surface area contributed by atoms with Gasteiger partial charge in [-0.1, -0.05) is 36.4 Å². The lowest BCUT2D eigenvalue weighted by atomic mass is 10.1. The van der Waals surface area contributed by atoms with Gasteiger partial charge in [-0.25, -0.2) is 4.79 Å². The van der Waals surface area contributed by atoms with E-state index in [-0.39, 0.29) is 5.69 Å². The molecule has 0 aliphatic heterocycles. The quantitative estimate of drug-likeness (QED) is 0.784. The highest BCUT2D eigenvalue weighted by atomic mass is 19.4. The van der Waals surface area contributed by atoms with Crippen LogP contribution in [0.4, 0.5) is 23.7 Å². The highest BCUT2D eigenvalue weighted by Crippen LogP contribution is 2.30. The lowest BCUT2D eigenvalue weighted by molar-refractivity contribution is -0.137. The van der Waals surface area contributed by atoms with Crippen molar-refractivity contribution in [1.29, 1.82) is 0 Å². The summed E-state index contributed by atoms with van der Waals surface area (Å²) >= 11 is 0. The van der Waals surface area contributed by atoms with Crippen molar-refractivity contribution in [2.45, 2.75) is 19.0 Å². The van der Waals surface area contributed by atoms with Crippen LogP contribution in [0.15, 0.2) is 54.6 Å². The number of halogens is 3. The van der Waals surface area contributed by atoms with Crippen LogP contribution >= 0.6 is 0 Å². The van der Waals surface area contributed by atoms with Crippen molar-refractivity contribution in [3.8, 4) is 0 Å². The van der Waals surface area contributed by atoms with E-state index in [0.717, 1.165) is 25.0 Å². The summed E-state index contributed by atoms with van der Waals surface area (Å²) in [4.78, 5) is 11.7. The van der Waals surface area contributed by atoms with Gasteiger partial charge in [-0.2, -0.15) is 13.2 Å². The molecule has 0 unspecified atom stereocenters. The fourth-order valence-electron chi connectivity index (χ4n) is 2.09. The minimum Gasteiger partial charge on any atom is -0.338 e. The van der Waals surface area contributed by atoms with Gasteiger partial charge in [-0.05, 0) is 36.6 Å². The molecule has 2 N–H and O–H groups in total. The Hall–Kier alpha value is -2.50. The second-order valence-corrected chi connectivity index (χ2v) is 5.05. The van der Waals surface area contributed by atoms with Gasteiger partial charge in [0.2, 0.25) is 0 Å². The number of hydrogen-bond acceptors (Lipinski definition) is 1. The predicted octanol–water partition coefficient (Wildman–Crippen LogP) is 4.46. The van der Waals surface area contributed by atoms with Crippen LogP contribution in [0.5, 0.6) is 0 Å². The first-order valence-electron chi connectivity index (χ1n) is 7.21. The highest BCUT2D eigenvalue weighted by molar-refractivity contribution is 5.89. The Morgan fingerprint density at radius 3 is 2.43 bits per heavy atom. The maximum absolute atomic E-state index is 12.6. The molecule has 0 heterocycles. The number of rotatable bonds is 5. The normalized spacial score (nSPS) is 11.1. The average molecular weight is 322 g/mol. The van der Waals surface area contributed by atoms with Gasteiger partial charge in [0, 0.05) is 12.2 Å². The standard InChI is InChI=1S/C17H17F3N2O/c18-17(19,20)14-9-4-10-15(12-14)22-16(23)21-11-5-8-13-6-2-1-3-7-13/h1-4,6-7,9-10,12H,5,8,11H2,(H2,21,22,23). The average Bonchev–Trinajstić information content (AvgIpc) is 2.52. The van der Waals surface area contributed by atoms with Crippen molar-refractivity contribution >= 4 is 11.7 Å². The van der Waals surface area contributed by atoms with Crippen LogP contribution in [0.3, 0.4) is 0 Å². The number of alkyl halides is 3. The zero-order valence-electron chi connectivity index (χ0n) is 12.4. The molecule has 0 spiro atoms. The molecule has 0 saturated heterocycles. The summed E-state index contributed by atoms with van der Waals surface area (Å²) in [7, 11) is 0. The Balaban J connectivity index is 1.77. The molecule has 0 bridgehead atoms. The van der Waals surface area contributed by atoms with E-state index >= 15 is 0 Å². The summed E-state index contributed by atoms with van der Waals surface area (Å²) in [6, 6.07) is 13.9. The van der Waals surface area contributed by atoms with E-state index in [1.165, 1.54) is 17.7 Å². The monoisotopic (exact) mass is 322 g/mol. The molecule has 3 nitrogen and oxygen atoms in total. The van der Waals surface area contributed by atoms with E-state index in [9.17, 15) is 18.0 Å². The van der Waals surface area contributed by atoms with Crippen molar-refractivity contribution in [3.63, 3.8) is 0 Å². The van der Waals surface area contributed by atoms with Crippen LogP contribution in [-0.2, 0) is 12.6 Å². The molecule has 0 radical (unpaired) electrons. The minimum absolute atomic E-state index is 0.111. The summed E-state index contributed by atoms with van der Waals surface area (Å²) in [5.74, 6) is 0. The molecule has 0 fully saturated rings. The molecule has 2 amide bonds. The predicted molar refractivity (Wildman–Crippen MR) is 83.2 cm³/mol. The van der Waals surface area contributed by atoms with E-state index in [2.05, 4.69) is 10.6 Å². The number of aryl methyl sites for hydroxylation is 1. The number of carbonyl (C=O) groups excluding carboxylic acids is 1. The van der Waals surface area contributed by atoms with Gasteiger partial charge >= 0.3 is 12.2 Å². The Bertz CT molecular complexity index is 642. The molecular formula is C17H17F3N2O. The first-order chi connectivity index (χ1) is 10.9. The number of benzene rings is 2. The lowest BCUT2D eigenvalue weighted by Gasteiger charge is -2.10. The molecular weight excluding hydrogens is 305 g/mol. The molecule has 2 aromatic rings. The van der Waals surface area contributed by atoms with Crippen molar-refractivity contribution < 1.29 is 18.0 Å². The van der Waals surface area contributed by atoms with Gasteiger partial charge in [-0.3, -0.25) is 0 Å². The summed E-state index contributed by atoms with van der Waals surface area (Å²) in [6.45, 7) is 0.444. The van der Waals surface area contributed by atoms with Gasteiger partial charge in [0.1, 0.15) is 0 Å². The Kier molecular flexibility index (Phi) is 5.62. The van der Waals surface area contributed by atoms with Crippen LogP contribution in [0.1, 0.15) is 17.5 Å². The maximum Gasteiger partial charge on any atom is 0.416 e. The van der Waals surface area contributed by atoms with Crippen LogP contribution in [-0.4, -0.2) is 12.6 Å². The molecule has 0 aromatic heterocycles. The minimum atomic E-state index is -4.43. The van der Waals surface area contributed by atoms with E-state index in [4.69, 9.17) is 0 Å². The van der Waals surface area contributed by atoms with Crippen molar-refractivity contribution in [2.75, 3.05) is 11.9 Å². The van der Waals surface area contributed by atoms with Gasteiger partial charge in [0.25, 0.3) is 0 Å². The summed E-state index contributed by atoms with van der Waals surface area (Å²) in [5, 5.41) is 5.03. The third-order valence-corrected chi connectivity index (χ3v) is 3.22. The van der Waals surface area contributed by atoms with Crippen molar-refractivity contribution in [1.82, 2.24) is 5.32 Å².